The smallest absolute Gasteiger partial charge is 0.278 e. The van der Waals surface area contributed by atoms with E-state index in [-0.39, 0.29) is 0 Å². The van der Waals surface area contributed by atoms with E-state index in [0.29, 0.717) is 59.6 Å². The molecule has 3 rings (SSSR count). The molecule has 26 heavy (non-hydrogen) atoms. The van der Waals surface area contributed by atoms with Gasteiger partial charge >= 0.3 is 0 Å². The summed E-state index contributed by atoms with van der Waals surface area (Å²) in [6.07, 6.45) is 3.49. The molecule has 2 atom stereocenters. The van der Waals surface area contributed by atoms with Crippen molar-refractivity contribution in [1.29, 1.82) is 0 Å². The third-order valence-electron chi connectivity index (χ3n) is 4.71. The SMILES string of the molecule is CC1COCC1CN1CCN(C=Cc2c(Cl)cccc2Cl)C1=N[N+](=O)[O-]. The molecule has 1 aromatic carbocycles. The molecule has 0 radical (unpaired) electrons. The van der Waals surface area contributed by atoms with Crippen molar-refractivity contribution in [2.24, 2.45) is 16.9 Å². The average molecular weight is 399 g/mol. The second kappa shape index (κ2) is 8.24. The first-order chi connectivity index (χ1) is 12.5. The fraction of sp³-hybridized carbons (Fsp3) is 0.471. The lowest BCUT2D eigenvalue weighted by molar-refractivity contribution is -0.486. The molecule has 2 aliphatic rings. The molecule has 140 valence electrons. The van der Waals surface area contributed by atoms with Gasteiger partial charge in [-0.15, -0.1) is 0 Å². The lowest BCUT2D eigenvalue weighted by Gasteiger charge is -2.23. The lowest BCUT2D eigenvalue weighted by Crippen LogP contribution is -2.37. The number of hydrogen-bond donors (Lipinski definition) is 0. The van der Waals surface area contributed by atoms with Crippen molar-refractivity contribution < 1.29 is 9.77 Å². The van der Waals surface area contributed by atoms with E-state index in [1.165, 1.54) is 0 Å². The molecule has 0 aliphatic carbocycles. The highest BCUT2D eigenvalue weighted by Gasteiger charge is 2.33. The number of nitrogens with zero attached hydrogens (tertiary/aromatic N) is 4. The molecule has 0 aromatic heterocycles. The van der Waals surface area contributed by atoms with Crippen molar-refractivity contribution in [1.82, 2.24) is 9.80 Å². The Hall–Kier alpha value is -1.83. The van der Waals surface area contributed by atoms with Crippen molar-refractivity contribution in [3.8, 4) is 0 Å². The summed E-state index contributed by atoms with van der Waals surface area (Å²) in [7, 11) is 0. The van der Waals surface area contributed by atoms with Gasteiger partial charge < -0.3 is 14.5 Å². The first-order valence-electron chi connectivity index (χ1n) is 8.40. The van der Waals surface area contributed by atoms with Crippen LogP contribution in [0.5, 0.6) is 0 Å². The Balaban J connectivity index is 1.78. The number of ether oxygens (including phenoxy) is 1. The van der Waals surface area contributed by atoms with Gasteiger partial charge in [0.1, 0.15) is 5.10 Å². The van der Waals surface area contributed by atoms with Crippen LogP contribution in [0.3, 0.4) is 0 Å². The van der Waals surface area contributed by atoms with Gasteiger partial charge in [-0.25, -0.2) is 10.1 Å². The Morgan fingerprint density at radius 3 is 2.69 bits per heavy atom. The predicted octanol–water partition coefficient (Wildman–Crippen LogP) is 3.41. The maximum Gasteiger partial charge on any atom is 0.278 e. The quantitative estimate of drug-likeness (QED) is 0.561. The molecular weight excluding hydrogens is 379 g/mol. The molecule has 7 nitrogen and oxygen atoms in total. The monoisotopic (exact) mass is 398 g/mol. The molecule has 2 aliphatic heterocycles. The maximum atomic E-state index is 11.0. The molecule has 1 aromatic rings. The van der Waals surface area contributed by atoms with Gasteiger partial charge in [0.25, 0.3) is 5.96 Å². The summed E-state index contributed by atoms with van der Waals surface area (Å²) in [6, 6.07) is 5.26. The molecule has 2 saturated heterocycles. The van der Waals surface area contributed by atoms with Crippen LogP contribution in [0.2, 0.25) is 10.0 Å². The molecule has 0 bridgehead atoms. The third kappa shape index (κ3) is 4.28. The van der Waals surface area contributed by atoms with Crippen molar-refractivity contribution in [3.63, 3.8) is 0 Å². The van der Waals surface area contributed by atoms with Crippen LogP contribution in [-0.4, -0.2) is 53.6 Å². The van der Waals surface area contributed by atoms with E-state index in [0.717, 1.165) is 6.61 Å². The highest BCUT2D eigenvalue weighted by Crippen LogP contribution is 2.27. The lowest BCUT2D eigenvalue weighted by atomic mass is 9.98. The van der Waals surface area contributed by atoms with Crippen LogP contribution >= 0.6 is 23.2 Å². The highest BCUT2D eigenvalue weighted by molar-refractivity contribution is 6.37. The fourth-order valence-corrected chi connectivity index (χ4v) is 3.70. The van der Waals surface area contributed by atoms with Crippen LogP contribution in [-0.2, 0) is 4.74 Å². The summed E-state index contributed by atoms with van der Waals surface area (Å²) >= 11 is 12.4. The van der Waals surface area contributed by atoms with E-state index >= 15 is 0 Å². The van der Waals surface area contributed by atoms with Crippen LogP contribution in [0.1, 0.15) is 12.5 Å². The zero-order valence-corrected chi connectivity index (χ0v) is 15.9. The molecule has 0 saturated carbocycles. The van der Waals surface area contributed by atoms with Gasteiger partial charge in [-0.2, -0.15) is 0 Å². The molecule has 0 N–H and O–H groups in total. The van der Waals surface area contributed by atoms with Crippen molar-refractivity contribution in [3.05, 3.63) is 50.1 Å². The molecule has 9 heteroatoms. The summed E-state index contributed by atoms with van der Waals surface area (Å²) < 4.78 is 5.50. The number of hydrogen-bond acceptors (Lipinski definition) is 3. The van der Waals surface area contributed by atoms with Crippen molar-refractivity contribution >= 4 is 35.2 Å². The van der Waals surface area contributed by atoms with E-state index in [2.05, 4.69) is 12.0 Å². The first kappa shape index (κ1) is 18.9. The zero-order chi connectivity index (χ0) is 18.7. The normalized spacial score (nSPS) is 25.0. The summed E-state index contributed by atoms with van der Waals surface area (Å²) in [6.45, 7) is 5.49. The molecule has 2 fully saturated rings. The summed E-state index contributed by atoms with van der Waals surface area (Å²) in [5.74, 6) is 1.10. The number of guanidine groups is 1. The summed E-state index contributed by atoms with van der Waals surface area (Å²) in [5, 5.41) is 15.0. The summed E-state index contributed by atoms with van der Waals surface area (Å²) in [4.78, 5) is 14.7. The largest absolute Gasteiger partial charge is 0.381 e. The number of halogens is 2. The second-order valence-electron chi connectivity index (χ2n) is 6.50. The number of rotatable bonds is 5. The van der Waals surface area contributed by atoms with Crippen LogP contribution in [0.15, 0.2) is 29.5 Å². The Kier molecular flexibility index (Phi) is 6.01. The van der Waals surface area contributed by atoms with Gasteiger partial charge in [0, 0.05) is 54.0 Å². The average Bonchev–Trinajstić information content (AvgIpc) is 3.14. The van der Waals surface area contributed by atoms with Gasteiger partial charge in [0.05, 0.1) is 6.61 Å². The minimum Gasteiger partial charge on any atom is -0.381 e. The van der Waals surface area contributed by atoms with Crippen molar-refractivity contribution in [2.75, 3.05) is 32.8 Å². The van der Waals surface area contributed by atoms with E-state index in [1.54, 1.807) is 35.4 Å². The molecular formula is C17H20Cl2N4O3. The Labute approximate surface area is 162 Å². The van der Waals surface area contributed by atoms with E-state index in [4.69, 9.17) is 27.9 Å². The zero-order valence-electron chi connectivity index (χ0n) is 14.3. The predicted molar refractivity (Wildman–Crippen MR) is 102 cm³/mol. The van der Waals surface area contributed by atoms with Gasteiger partial charge in [-0.3, -0.25) is 0 Å². The van der Waals surface area contributed by atoms with Crippen LogP contribution in [0, 0.1) is 22.0 Å². The van der Waals surface area contributed by atoms with Gasteiger partial charge in [0.15, 0.2) is 5.03 Å². The first-order valence-corrected chi connectivity index (χ1v) is 9.16. The number of nitro groups is 1. The van der Waals surface area contributed by atoms with Crippen LogP contribution in [0.4, 0.5) is 0 Å². The Bertz CT molecular complexity index is 720. The summed E-state index contributed by atoms with van der Waals surface area (Å²) in [5.41, 5.74) is 0.674. The van der Waals surface area contributed by atoms with Gasteiger partial charge in [-0.1, -0.05) is 36.2 Å². The Morgan fingerprint density at radius 2 is 2.08 bits per heavy atom. The highest BCUT2D eigenvalue weighted by atomic mass is 35.5. The van der Waals surface area contributed by atoms with Crippen LogP contribution in [0.25, 0.3) is 6.08 Å². The van der Waals surface area contributed by atoms with Gasteiger partial charge in [0.2, 0.25) is 0 Å². The van der Waals surface area contributed by atoms with Crippen molar-refractivity contribution in [2.45, 2.75) is 6.92 Å². The second-order valence-corrected chi connectivity index (χ2v) is 7.32. The molecule has 2 heterocycles. The third-order valence-corrected chi connectivity index (χ3v) is 5.37. The minimum absolute atomic E-state index is 0.327. The number of benzene rings is 1. The number of hydrazone groups is 1. The van der Waals surface area contributed by atoms with E-state index < -0.39 is 5.03 Å². The maximum absolute atomic E-state index is 11.0. The van der Waals surface area contributed by atoms with Crippen LogP contribution < -0.4 is 0 Å². The standard InChI is InChI=1S/C17H20Cl2N4O3/c1-12-10-26-11-13(12)9-22-8-7-21(17(22)20-23(24)25)6-5-14-15(18)3-2-4-16(14)19/h2-6,12-13H,7-11H2,1H3. The molecule has 2 unspecified atom stereocenters. The van der Waals surface area contributed by atoms with Gasteiger partial charge in [-0.05, 0) is 24.1 Å². The minimum atomic E-state index is -0.661. The fourth-order valence-electron chi connectivity index (χ4n) is 3.17. The van der Waals surface area contributed by atoms with E-state index in [1.807, 2.05) is 4.90 Å². The molecule has 0 spiro atoms. The van der Waals surface area contributed by atoms with E-state index in [9.17, 15) is 10.1 Å². The Morgan fingerprint density at radius 1 is 1.35 bits per heavy atom. The molecule has 0 amide bonds. The topological polar surface area (TPSA) is 71.2 Å².